The molecular weight excluding hydrogens is 214 g/mol. The second kappa shape index (κ2) is 4.22. The van der Waals surface area contributed by atoms with Gasteiger partial charge in [-0.25, -0.2) is 4.98 Å². The van der Waals surface area contributed by atoms with Gasteiger partial charge in [0.25, 0.3) is 0 Å². The number of nitrogen functional groups attached to an aromatic ring is 1. The van der Waals surface area contributed by atoms with Crippen LogP contribution in [0.15, 0.2) is 30.3 Å². The Kier molecular flexibility index (Phi) is 2.57. The second-order valence-corrected chi connectivity index (χ2v) is 4.18. The molecule has 0 saturated carbocycles. The third-order valence-electron chi connectivity index (χ3n) is 3.08. The number of hydrogen-bond donors (Lipinski definition) is 1. The normalized spacial score (nSPS) is 16.4. The van der Waals surface area contributed by atoms with Crippen LogP contribution < -0.4 is 10.6 Å². The summed E-state index contributed by atoms with van der Waals surface area (Å²) >= 11 is 0. The minimum Gasteiger partial charge on any atom is -0.382 e. The van der Waals surface area contributed by atoms with Gasteiger partial charge >= 0.3 is 0 Å². The summed E-state index contributed by atoms with van der Waals surface area (Å²) in [6.07, 6.45) is 0. The van der Waals surface area contributed by atoms with E-state index in [1.54, 1.807) is 0 Å². The van der Waals surface area contributed by atoms with E-state index >= 15 is 0 Å². The van der Waals surface area contributed by atoms with Gasteiger partial charge in [0.05, 0.1) is 24.4 Å². The zero-order valence-electron chi connectivity index (χ0n) is 9.60. The van der Waals surface area contributed by atoms with Gasteiger partial charge in [0.2, 0.25) is 0 Å². The molecule has 2 N–H and O–H groups in total. The molecule has 1 aliphatic rings. The van der Waals surface area contributed by atoms with E-state index in [1.807, 2.05) is 18.2 Å². The number of ether oxygens (including phenoxy) is 1. The van der Waals surface area contributed by atoms with Gasteiger partial charge in [0.1, 0.15) is 5.82 Å². The predicted molar refractivity (Wildman–Crippen MR) is 69.2 cm³/mol. The van der Waals surface area contributed by atoms with E-state index in [0.717, 1.165) is 42.9 Å². The third kappa shape index (κ3) is 1.91. The van der Waals surface area contributed by atoms with Crippen LogP contribution in [-0.4, -0.2) is 31.3 Å². The summed E-state index contributed by atoms with van der Waals surface area (Å²) in [6.45, 7) is 3.27. The van der Waals surface area contributed by atoms with Crippen molar-refractivity contribution in [1.29, 1.82) is 0 Å². The fourth-order valence-electron chi connectivity index (χ4n) is 2.18. The minimum atomic E-state index is 0.602. The Labute approximate surface area is 100.0 Å². The Balaban J connectivity index is 2.06. The Hall–Kier alpha value is -1.81. The van der Waals surface area contributed by atoms with Crippen molar-refractivity contribution in [2.45, 2.75) is 0 Å². The monoisotopic (exact) mass is 229 g/mol. The fourth-order valence-corrected chi connectivity index (χ4v) is 2.18. The molecule has 88 valence electrons. The molecular formula is C13H15N3O. The maximum absolute atomic E-state index is 6.02. The molecule has 1 aromatic carbocycles. The van der Waals surface area contributed by atoms with E-state index in [0.29, 0.717) is 5.82 Å². The standard InChI is InChI=1S/C13H15N3O/c14-13-12(16-5-7-17-8-6-16)9-10-3-1-2-4-11(10)15-13/h1-4,9H,5-8H2,(H2,14,15). The topological polar surface area (TPSA) is 51.4 Å². The number of aromatic nitrogens is 1. The molecule has 17 heavy (non-hydrogen) atoms. The van der Waals surface area contributed by atoms with Crippen molar-refractivity contribution in [2.24, 2.45) is 0 Å². The highest BCUT2D eigenvalue weighted by Gasteiger charge is 2.15. The molecule has 0 unspecified atom stereocenters. The highest BCUT2D eigenvalue weighted by atomic mass is 16.5. The molecule has 0 aliphatic carbocycles. The maximum atomic E-state index is 6.02. The molecule has 0 radical (unpaired) electrons. The van der Waals surface area contributed by atoms with Crippen molar-refractivity contribution >= 4 is 22.4 Å². The van der Waals surface area contributed by atoms with Gasteiger partial charge in [-0.15, -0.1) is 0 Å². The maximum Gasteiger partial charge on any atom is 0.147 e. The first-order valence-electron chi connectivity index (χ1n) is 5.82. The molecule has 0 spiro atoms. The molecule has 4 heteroatoms. The number of rotatable bonds is 1. The van der Waals surface area contributed by atoms with E-state index in [1.165, 1.54) is 0 Å². The van der Waals surface area contributed by atoms with Crippen LogP contribution in [0.5, 0.6) is 0 Å². The molecule has 0 bridgehead atoms. The Morgan fingerprint density at radius 3 is 2.76 bits per heavy atom. The molecule has 1 aromatic heterocycles. The molecule has 1 saturated heterocycles. The van der Waals surface area contributed by atoms with E-state index in [-0.39, 0.29) is 0 Å². The number of fused-ring (bicyclic) bond motifs is 1. The minimum absolute atomic E-state index is 0.602. The molecule has 1 fully saturated rings. The van der Waals surface area contributed by atoms with Crippen molar-refractivity contribution in [3.05, 3.63) is 30.3 Å². The van der Waals surface area contributed by atoms with Gasteiger partial charge in [0, 0.05) is 18.5 Å². The second-order valence-electron chi connectivity index (χ2n) is 4.18. The Morgan fingerprint density at radius 1 is 1.18 bits per heavy atom. The van der Waals surface area contributed by atoms with Crippen molar-refractivity contribution in [2.75, 3.05) is 36.9 Å². The van der Waals surface area contributed by atoms with Gasteiger partial charge in [-0.3, -0.25) is 0 Å². The van der Waals surface area contributed by atoms with Crippen molar-refractivity contribution < 1.29 is 4.74 Å². The molecule has 0 atom stereocenters. The van der Waals surface area contributed by atoms with E-state index in [4.69, 9.17) is 10.5 Å². The number of nitrogens with zero attached hydrogens (tertiary/aromatic N) is 2. The third-order valence-corrected chi connectivity index (χ3v) is 3.08. The van der Waals surface area contributed by atoms with Crippen molar-refractivity contribution in [3.8, 4) is 0 Å². The van der Waals surface area contributed by atoms with Gasteiger partial charge < -0.3 is 15.4 Å². The van der Waals surface area contributed by atoms with E-state index in [2.05, 4.69) is 22.0 Å². The predicted octanol–water partition coefficient (Wildman–Crippen LogP) is 1.65. The zero-order chi connectivity index (χ0) is 11.7. The number of anilines is 2. The lowest BCUT2D eigenvalue weighted by Gasteiger charge is -2.29. The lowest BCUT2D eigenvalue weighted by atomic mass is 10.2. The van der Waals surface area contributed by atoms with Crippen molar-refractivity contribution in [1.82, 2.24) is 4.98 Å². The summed E-state index contributed by atoms with van der Waals surface area (Å²) in [5.74, 6) is 0.602. The highest BCUT2D eigenvalue weighted by Crippen LogP contribution is 2.26. The Bertz CT molecular complexity index is 535. The quantitative estimate of drug-likeness (QED) is 0.808. The largest absolute Gasteiger partial charge is 0.382 e. The summed E-state index contributed by atoms with van der Waals surface area (Å²) in [6, 6.07) is 10.1. The van der Waals surface area contributed by atoms with Gasteiger partial charge in [-0.05, 0) is 12.1 Å². The zero-order valence-corrected chi connectivity index (χ0v) is 9.60. The first-order valence-corrected chi connectivity index (χ1v) is 5.82. The van der Waals surface area contributed by atoms with Crippen LogP contribution in [-0.2, 0) is 4.74 Å². The van der Waals surface area contributed by atoms with E-state index in [9.17, 15) is 0 Å². The van der Waals surface area contributed by atoms with Crippen LogP contribution >= 0.6 is 0 Å². The van der Waals surface area contributed by atoms with Crippen LogP contribution in [0.4, 0.5) is 11.5 Å². The molecule has 2 aromatic rings. The number of hydrogen-bond acceptors (Lipinski definition) is 4. The molecule has 0 amide bonds. The van der Waals surface area contributed by atoms with Gasteiger partial charge in [-0.1, -0.05) is 18.2 Å². The smallest absolute Gasteiger partial charge is 0.147 e. The summed E-state index contributed by atoms with van der Waals surface area (Å²) in [5.41, 5.74) is 7.99. The summed E-state index contributed by atoms with van der Waals surface area (Å²) in [5, 5.41) is 1.13. The van der Waals surface area contributed by atoms with Crippen LogP contribution in [0, 0.1) is 0 Å². The molecule has 1 aliphatic heterocycles. The Morgan fingerprint density at radius 2 is 1.94 bits per heavy atom. The average molecular weight is 229 g/mol. The summed E-state index contributed by atoms with van der Waals surface area (Å²) in [7, 11) is 0. The van der Waals surface area contributed by atoms with Gasteiger partial charge in [0.15, 0.2) is 0 Å². The number of morpholine rings is 1. The number of benzene rings is 1. The SMILES string of the molecule is Nc1nc2ccccc2cc1N1CCOCC1. The molecule has 3 rings (SSSR count). The lowest BCUT2D eigenvalue weighted by Crippen LogP contribution is -2.36. The lowest BCUT2D eigenvalue weighted by molar-refractivity contribution is 0.123. The first kappa shape index (κ1) is 10.4. The van der Waals surface area contributed by atoms with Crippen molar-refractivity contribution in [3.63, 3.8) is 0 Å². The van der Waals surface area contributed by atoms with Crippen LogP contribution in [0.2, 0.25) is 0 Å². The summed E-state index contributed by atoms with van der Waals surface area (Å²) < 4.78 is 5.35. The number of para-hydroxylation sites is 1. The van der Waals surface area contributed by atoms with Gasteiger partial charge in [-0.2, -0.15) is 0 Å². The highest BCUT2D eigenvalue weighted by molar-refractivity contribution is 5.86. The number of nitrogens with two attached hydrogens (primary N) is 1. The average Bonchev–Trinajstić information content (AvgIpc) is 2.39. The molecule has 2 heterocycles. The van der Waals surface area contributed by atoms with E-state index < -0.39 is 0 Å². The van der Waals surface area contributed by atoms with Crippen LogP contribution in [0.3, 0.4) is 0 Å². The fraction of sp³-hybridized carbons (Fsp3) is 0.308. The summed E-state index contributed by atoms with van der Waals surface area (Å²) in [4.78, 5) is 6.68. The van der Waals surface area contributed by atoms with Crippen LogP contribution in [0.1, 0.15) is 0 Å². The first-order chi connectivity index (χ1) is 8.34. The van der Waals surface area contributed by atoms with Crippen LogP contribution in [0.25, 0.3) is 10.9 Å². The molecule has 4 nitrogen and oxygen atoms in total. The number of pyridine rings is 1.